The molecule has 0 radical (unpaired) electrons. The Bertz CT molecular complexity index is 675. The first-order valence-electron chi connectivity index (χ1n) is 8.94. The van der Waals surface area contributed by atoms with E-state index in [1.54, 1.807) is 6.26 Å². The number of guanidine groups is 1. The molecule has 0 unspecified atom stereocenters. The van der Waals surface area contributed by atoms with E-state index in [-0.39, 0.29) is 0 Å². The SMILES string of the molecule is CCc1ccccc1CNC(=NC)N1CCN(Cc2ccon2)CC1. The van der Waals surface area contributed by atoms with Gasteiger partial charge in [-0.3, -0.25) is 9.89 Å². The van der Waals surface area contributed by atoms with Crippen LogP contribution < -0.4 is 5.32 Å². The normalized spacial score (nSPS) is 16.2. The fraction of sp³-hybridized carbons (Fsp3) is 0.474. The molecule has 1 aliphatic rings. The van der Waals surface area contributed by atoms with Crippen molar-refractivity contribution in [2.75, 3.05) is 33.2 Å². The van der Waals surface area contributed by atoms with Crippen LogP contribution in [0.15, 0.2) is 46.1 Å². The van der Waals surface area contributed by atoms with Crippen molar-refractivity contribution in [1.82, 2.24) is 20.3 Å². The number of aryl methyl sites for hydroxylation is 1. The number of rotatable bonds is 5. The van der Waals surface area contributed by atoms with E-state index in [1.807, 2.05) is 13.1 Å². The minimum atomic E-state index is 0.815. The summed E-state index contributed by atoms with van der Waals surface area (Å²) in [6, 6.07) is 10.5. The van der Waals surface area contributed by atoms with Gasteiger partial charge in [0.15, 0.2) is 5.96 Å². The number of aliphatic imine (C=N–C) groups is 1. The average molecular weight is 341 g/mol. The molecule has 1 fully saturated rings. The van der Waals surface area contributed by atoms with Crippen LogP contribution in [-0.2, 0) is 19.5 Å². The molecule has 134 valence electrons. The summed E-state index contributed by atoms with van der Waals surface area (Å²) in [7, 11) is 1.86. The predicted molar refractivity (Wildman–Crippen MR) is 99.4 cm³/mol. The number of nitrogens with one attached hydrogen (secondary N) is 1. The molecule has 3 rings (SSSR count). The summed E-state index contributed by atoms with van der Waals surface area (Å²) < 4.78 is 4.91. The summed E-state index contributed by atoms with van der Waals surface area (Å²) in [5.41, 5.74) is 3.73. The van der Waals surface area contributed by atoms with Crippen molar-refractivity contribution < 1.29 is 4.52 Å². The summed E-state index contributed by atoms with van der Waals surface area (Å²) in [6.07, 6.45) is 2.68. The zero-order chi connectivity index (χ0) is 17.5. The largest absolute Gasteiger partial charge is 0.364 e. The van der Waals surface area contributed by atoms with E-state index < -0.39 is 0 Å². The minimum absolute atomic E-state index is 0.815. The molecule has 25 heavy (non-hydrogen) atoms. The molecule has 1 aliphatic heterocycles. The van der Waals surface area contributed by atoms with Gasteiger partial charge in [-0.05, 0) is 17.5 Å². The third-order valence-corrected chi connectivity index (χ3v) is 4.70. The lowest BCUT2D eigenvalue weighted by molar-refractivity contribution is 0.169. The van der Waals surface area contributed by atoms with Gasteiger partial charge in [-0.15, -0.1) is 0 Å². The Balaban J connectivity index is 1.51. The Hall–Kier alpha value is -2.34. The lowest BCUT2D eigenvalue weighted by Gasteiger charge is -2.36. The van der Waals surface area contributed by atoms with Crippen LogP contribution in [0.3, 0.4) is 0 Å². The van der Waals surface area contributed by atoms with Crippen LogP contribution >= 0.6 is 0 Å². The second-order valence-electron chi connectivity index (χ2n) is 6.28. The zero-order valence-corrected chi connectivity index (χ0v) is 15.1. The standard InChI is InChI=1S/C19H27N5O/c1-3-16-6-4-5-7-17(16)14-21-19(20-2)24-11-9-23(10-12-24)15-18-8-13-25-22-18/h4-8,13H,3,9-12,14-15H2,1-2H3,(H,20,21). The second kappa shape index (κ2) is 8.67. The van der Waals surface area contributed by atoms with E-state index in [4.69, 9.17) is 4.52 Å². The first-order valence-corrected chi connectivity index (χ1v) is 8.94. The van der Waals surface area contributed by atoms with Crippen molar-refractivity contribution in [3.05, 3.63) is 53.4 Å². The molecule has 0 saturated carbocycles. The average Bonchev–Trinajstić information content (AvgIpc) is 3.17. The third kappa shape index (κ3) is 4.60. The van der Waals surface area contributed by atoms with E-state index in [2.05, 4.69) is 56.5 Å². The van der Waals surface area contributed by atoms with Crippen LogP contribution in [0.2, 0.25) is 0 Å². The molecular formula is C19H27N5O. The molecule has 0 atom stereocenters. The Kier molecular flexibility index (Phi) is 6.06. The smallest absolute Gasteiger partial charge is 0.194 e. The topological polar surface area (TPSA) is 56.9 Å². The fourth-order valence-corrected chi connectivity index (χ4v) is 3.25. The maximum absolute atomic E-state index is 4.91. The van der Waals surface area contributed by atoms with E-state index in [0.29, 0.717) is 0 Å². The van der Waals surface area contributed by atoms with Crippen LogP contribution in [0.5, 0.6) is 0 Å². The number of hydrogen-bond acceptors (Lipinski definition) is 4. The Labute approximate surface area is 149 Å². The molecule has 1 aromatic heterocycles. The molecule has 1 aromatic carbocycles. The molecule has 6 nitrogen and oxygen atoms in total. The molecule has 0 amide bonds. The highest BCUT2D eigenvalue weighted by Gasteiger charge is 2.20. The van der Waals surface area contributed by atoms with Crippen molar-refractivity contribution in [3.63, 3.8) is 0 Å². The van der Waals surface area contributed by atoms with Crippen LogP contribution in [-0.4, -0.2) is 54.1 Å². The van der Waals surface area contributed by atoms with Crippen LogP contribution in [0.1, 0.15) is 23.7 Å². The first-order chi connectivity index (χ1) is 12.3. The highest BCUT2D eigenvalue weighted by atomic mass is 16.5. The van der Waals surface area contributed by atoms with Gasteiger partial charge >= 0.3 is 0 Å². The Morgan fingerprint density at radius 1 is 1.16 bits per heavy atom. The molecule has 0 spiro atoms. The van der Waals surface area contributed by atoms with Crippen LogP contribution in [0.4, 0.5) is 0 Å². The maximum Gasteiger partial charge on any atom is 0.194 e. The maximum atomic E-state index is 4.91. The molecule has 0 aliphatic carbocycles. The van der Waals surface area contributed by atoms with E-state index in [1.165, 1.54) is 11.1 Å². The number of hydrogen-bond donors (Lipinski definition) is 1. The molecule has 6 heteroatoms. The van der Waals surface area contributed by atoms with E-state index in [9.17, 15) is 0 Å². The number of aromatic nitrogens is 1. The molecule has 1 saturated heterocycles. The summed E-state index contributed by atoms with van der Waals surface area (Å²) in [4.78, 5) is 9.19. The van der Waals surface area contributed by atoms with E-state index in [0.717, 1.165) is 57.3 Å². The zero-order valence-electron chi connectivity index (χ0n) is 15.1. The molecule has 0 bridgehead atoms. The van der Waals surface area contributed by atoms with Crippen molar-refractivity contribution in [3.8, 4) is 0 Å². The Morgan fingerprint density at radius 3 is 2.56 bits per heavy atom. The summed E-state index contributed by atoms with van der Waals surface area (Å²) in [5, 5.41) is 7.51. The van der Waals surface area contributed by atoms with Gasteiger partial charge in [0.1, 0.15) is 6.26 Å². The van der Waals surface area contributed by atoms with Crippen molar-refractivity contribution in [2.24, 2.45) is 4.99 Å². The molecule has 1 N–H and O–H groups in total. The molecule has 2 heterocycles. The molecule has 2 aromatic rings. The van der Waals surface area contributed by atoms with Gasteiger partial charge in [-0.25, -0.2) is 0 Å². The van der Waals surface area contributed by atoms with Crippen molar-refractivity contribution in [2.45, 2.75) is 26.4 Å². The number of benzene rings is 1. The summed E-state index contributed by atoms with van der Waals surface area (Å²) in [5.74, 6) is 0.979. The number of nitrogens with zero attached hydrogens (tertiary/aromatic N) is 4. The van der Waals surface area contributed by atoms with Gasteiger partial charge in [-0.1, -0.05) is 36.3 Å². The second-order valence-corrected chi connectivity index (χ2v) is 6.28. The fourth-order valence-electron chi connectivity index (χ4n) is 3.25. The number of piperazine rings is 1. The summed E-state index contributed by atoms with van der Waals surface area (Å²) >= 11 is 0. The van der Waals surface area contributed by atoms with Crippen LogP contribution in [0.25, 0.3) is 0 Å². The van der Waals surface area contributed by atoms with Gasteiger partial charge < -0.3 is 14.7 Å². The minimum Gasteiger partial charge on any atom is -0.364 e. The quantitative estimate of drug-likeness (QED) is 0.667. The van der Waals surface area contributed by atoms with Gasteiger partial charge in [0.2, 0.25) is 0 Å². The Morgan fingerprint density at radius 2 is 1.92 bits per heavy atom. The highest BCUT2D eigenvalue weighted by Crippen LogP contribution is 2.10. The lowest BCUT2D eigenvalue weighted by Crippen LogP contribution is -2.52. The lowest BCUT2D eigenvalue weighted by atomic mass is 10.1. The van der Waals surface area contributed by atoms with Crippen molar-refractivity contribution >= 4 is 5.96 Å². The van der Waals surface area contributed by atoms with Gasteiger partial charge in [0.25, 0.3) is 0 Å². The van der Waals surface area contributed by atoms with Gasteiger partial charge in [0.05, 0.1) is 5.69 Å². The predicted octanol–water partition coefficient (Wildman–Crippen LogP) is 2.13. The van der Waals surface area contributed by atoms with Gasteiger partial charge in [0, 0.05) is 52.4 Å². The first kappa shape index (κ1) is 17.5. The van der Waals surface area contributed by atoms with Gasteiger partial charge in [-0.2, -0.15) is 0 Å². The summed E-state index contributed by atoms with van der Waals surface area (Å²) in [6.45, 7) is 7.79. The highest BCUT2D eigenvalue weighted by molar-refractivity contribution is 5.80. The van der Waals surface area contributed by atoms with E-state index >= 15 is 0 Å². The monoisotopic (exact) mass is 341 g/mol. The third-order valence-electron chi connectivity index (χ3n) is 4.70. The van der Waals surface area contributed by atoms with Crippen LogP contribution in [0, 0.1) is 0 Å². The van der Waals surface area contributed by atoms with Crippen molar-refractivity contribution in [1.29, 1.82) is 0 Å². The molecular weight excluding hydrogens is 314 g/mol.